The highest BCUT2D eigenvalue weighted by Crippen LogP contribution is 2.26. The molecule has 1 aromatic carbocycles. The maximum atomic E-state index is 12.8. The predicted molar refractivity (Wildman–Crippen MR) is 93.0 cm³/mol. The summed E-state index contributed by atoms with van der Waals surface area (Å²) in [6.07, 6.45) is 2.00. The smallest absolute Gasteiger partial charge is 0.237 e. The summed E-state index contributed by atoms with van der Waals surface area (Å²) in [5, 5.41) is 10.3. The maximum Gasteiger partial charge on any atom is 0.237 e. The van der Waals surface area contributed by atoms with Crippen LogP contribution in [0.15, 0.2) is 30.3 Å². The number of hydrogen-bond acceptors (Lipinski definition) is 3. The van der Waals surface area contributed by atoms with Gasteiger partial charge in [-0.05, 0) is 52.6 Å². The van der Waals surface area contributed by atoms with Crippen LogP contribution in [-0.2, 0) is 11.3 Å². The van der Waals surface area contributed by atoms with Gasteiger partial charge in [0.2, 0.25) is 5.91 Å². The van der Waals surface area contributed by atoms with Crippen molar-refractivity contribution in [2.45, 2.75) is 64.8 Å². The van der Waals surface area contributed by atoms with Gasteiger partial charge in [-0.15, -0.1) is 0 Å². The highest BCUT2D eigenvalue weighted by Gasteiger charge is 2.37. The van der Waals surface area contributed by atoms with E-state index in [2.05, 4.69) is 30.9 Å². The molecule has 0 spiro atoms. The summed E-state index contributed by atoms with van der Waals surface area (Å²) in [7, 11) is 0. The summed E-state index contributed by atoms with van der Waals surface area (Å²) in [5.41, 5.74) is 0.383. The predicted octanol–water partition coefficient (Wildman–Crippen LogP) is 2.66. The molecule has 1 atom stereocenters. The van der Waals surface area contributed by atoms with Gasteiger partial charge in [0.05, 0.1) is 12.1 Å². The SMILES string of the molecule is CC(C)N(Cc1ccccc1)C(=O)CN1CCCC1C(C)(C)O. The first kappa shape index (κ1) is 18.0. The Morgan fingerprint density at radius 2 is 2.00 bits per heavy atom. The zero-order valence-corrected chi connectivity index (χ0v) is 14.8. The summed E-state index contributed by atoms with van der Waals surface area (Å²) in [5.74, 6) is 0.139. The van der Waals surface area contributed by atoms with Crippen LogP contribution in [0.2, 0.25) is 0 Å². The van der Waals surface area contributed by atoms with E-state index in [1.54, 1.807) is 0 Å². The van der Waals surface area contributed by atoms with Crippen LogP contribution in [0, 0.1) is 0 Å². The number of likely N-dealkylation sites (tertiary alicyclic amines) is 1. The van der Waals surface area contributed by atoms with E-state index in [9.17, 15) is 9.90 Å². The fraction of sp³-hybridized carbons (Fsp3) is 0.632. The first-order valence-electron chi connectivity index (χ1n) is 8.59. The lowest BCUT2D eigenvalue weighted by atomic mass is 9.96. The molecule has 1 aromatic rings. The molecule has 1 heterocycles. The Morgan fingerprint density at radius 3 is 2.57 bits per heavy atom. The van der Waals surface area contributed by atoms with Gasteiger partial charge >= 0.3 is 0 Å². The quantitative estimate of drug-likeness (QED) is 0.877. The zero-order valence-electron chi connectivity index (χ0n) is 14.8. The summed E-state index contributed by atoms with van der Waals surface area (Å²) in [6.45, 7) is 9.70. The lowest BCUT2D eigenvalue weighted by Crippen LogP contribution is -2.50. The molecule has 1 amide bonds. The fourth-order valence-electron chi connectivity index (χ4n) is 3.42. The number of carbonyl (C=O) groups is 1. The Bertz CT molecular complexity index is 508. The highest BCUT2D eigenvalue weighted by atomic mass is 16.3. The van der Waals surface area contributed by atoms with Crippen molar-refractivity contribution in [3.63, 3.8) is 0 Å². The van der Waals surface area contributed by atoms with E-state index in [1.165, 1.54) is 0 Å². The molecule has 2 rings (SSSR count). The molecule has 1 aliphatic heterocycles. The molecule has 1 N–H and O–H groups in total. The Kier molecular flexibility index (Phi) is 5.82. The van der Waals surface area contributed by atoms with Gasteiger partial charge in [0, 0.05) is 18.6 Å². The van der Waals surface area contributed by atoms with Gasteiger partial charge in [-0.3, -0.25) is 9.69 Å². The zero-order chi connectivity index (χ0) is 17.0. The number of nitrogens with zero attached hydrogens (tertiary/aromatic N) is 2. The fourth-order valence-corrected chi connectivity index (χ4v) is 3.42. The Labute approximate surface area is 140 Å². The van der Waals surface area contributed by atoms with Crippen molar-refractivity contribution < 1.29 is 9.90 Å². The number of benzene rings is 1. The van der Waals surface area contributed by atoms with Crippen LogP contribution >= 0.6 is 0 Å². The summed E-state index contributed by atoms with van der Waals surface area (Å²) >= 11 is 0. The molecule has 4 heteroatoms. The van der Waals surface area contributed by atoms with Crippen LogP contribution in [0.4, 0.5) is 0 Å². The molecule has 0 radical (unpaired) electrons. The second-order valence-corrected chi connectivity index (χ2v) is 7.38. The van der Waals surface area contributed by atoms with Gasteiger partial charge in [0.25, 0.3) is 0 Å². The van der Waals surface area contributed by atoms with Crippen molar-refractivity contribution in [2.75, 3.05) is 13.1 Å². The molecular weight excluding hydrogens is 288 g/mol. The second-order valence-electron chi connectivity index (χ2n) is 7.38. The number of amides is 1. The number of rotatable bonds is 6. The average Bonchev–Trinajstić information content (AvgIpc) is 2.93. The van der Waals surface area contributed by atoms with Gasteiger partial charge in [-0.1, -0.05) is 30.3 Å². The molecule has 0 saturated carbocycles. The minimum absolute atomic E-state index is 0.0668. The number of hydrogen-bond donors (Lipinski definition) is 1. The van der Waals surface area contributed by atoms with Gasteiger partial charge in [0.1, 0.15) is 0 Å². The monoisotopic (exact) mass is 318 g/mol. The normalized spacial score (nSPS) is 19.3. The summed E-state index contributed by atoms with van der Waals surface area (Å²) in [4.78, 5) is 16.9. The molecule has 1 aliphatic rings. The summed E-state index contributed by atoms with van der Waals surface area (Å²) < 4.78 is 0. The minimum atomic E-state index is -0.765. The maximum absolute atomic E-state index is 12.8. The second kappa shape index (κ2) is 7.45. The number of carbonyl (C=O) groups excluding carboxylic acids is 1. The lowest BCUT2D eigenvalue weighted by molar-refractivity contribution is -0.136. The highest BCUT2D eigenvalue weighted by molar-refractivity contribution is 5.78. The van der Waals surface area contributed by atoms with Gasteiger partial charge in [-0.2, -0.15) is 0 Å². The van der Waals surface area contributed by atoms with Crippen LogP contribution in [0.3, 0.4) is 0 Å². The topological polar surface area (TPSA) is 43.8 Å². The van der Waals surface area contributed by atoms with E-state index >= 15 is 0 Å². The first-order chi connectivity index (χ1) is 10.8. The number of aliphatic hydroxyl groups is 1. The molecule has 1 saturated heterocycles. The standard InChI is InChI=1S/C19H30N2O2/c1-15(2)21(13-16-9-6-5-7-10-16)18(22)14-20-12-8-11-17(20)19(3,4)23/h5-7,9-10,15,17,23H,8,11-14H2,1-4H3. The first-order valence-corrected chi connectivity index (χ1v) is 8.59. The van der Waals surface area contributed by atoms with Crippen molar-refractivity contribution >= 4 is 5.91 Å². The van der Waals surface area contributed by atoms with E-state index in [1.807, 2.05) is 36.9 Å². The average molecular weight is 318 g/mol. The largest absolute Gasteiger partial charge is 0.389 e. The lowest BCUT2D eigenvalue weighted by Gasteiger charge is -2.35. The van der Waals surface area contributed by atoms with E-state index in [0.29, 0.717) is 13.1 Å². The molecule has 4 nitrogen and oxygen atoms in total. The third kappa shape index (κ3) is 4.79. The van der Waals surface area contributed by atoms with Crippen LogP contribution in [0.1, 0.15) is 46.1 Å². The van der Waals surface area contributed by atoms with Gasteiger partial charge in [0.15, 0.2) is 0 Å². The third-order valence-corrected chi connectivity index (χ3v) is 4.66. The van der Waals surface area contributed by atoms with Crippen LogP contribution < -0.4 is 0 Å². The molecule has 0 aliphatic carbocycles. The van der Waals surface area contributed by atoms with Crippen molar-refractivity contribution in [3.05, 3.63) is 35.9 Å². The van der Waals surface area contributed by atoms with Gasteiger partial charge < -0.3 is 10.0 Å². The molecular formula is C19H30N2O2. The Hall–Kier alpha value is -1.39. The van der Waals surface area contributed by atoms with Crippen molar-refractivity contribution in [2.24, 2.45) is 0 Å². The Balaban J connectivity index is 2.04. The van der Waals surface area contributed by atoms with Crippen LogP contribution in [0.5, 0.6) is 0 Å². The molecule has 1 unspecified atom stereocenters. The van der Waals surface area contributed by atoms with E-state index in [4.69, 9.17) is 0 Å². The van der Waals surface area contributed by atoms with Crippen LogP contribution in [-0.4, -0.2) is 51.6 Å². The third-order valence-electron chi connectivity index (χ3n) is 4.66. The Morgan fingerprint density at radius 1 is 1.35 bits per heavy atom. The van der Waals surface area contributed by atoms with Crippen LogP contribution in [0.25, 0.3) is 0 Å². The van der Waals surface area contributed by atoms with E-state index in [-0.39, 0.29) is 18.0 Å². The molecule has 23 heavy (non-hydrogen) atoms. The van der Waals surface area contributed by atoms with E-state index < -0.39 is 5.60 Å². The summed E-state index contributed by atoms with van der Waals surface area (Å²) in [6, 6.07) is 10.3. The molecule has 0 bridgehead atoms. The molecule has 0 aromatic heterocycles. The van der Waals surface area contributed by atoms with Gasteiger partial charge in [-0.25, -0.2) is 0 Å². The minimum Gasteiger partial charge on any atom is -0.389 e. The van der Waals surface area contributed by atoms with Crippen molar-refractivity contribution in [3.8, 4) is 0 Å². The molecule has 1 fully saturated rings. The van der Waals surface area contributed by atoms with Crippen molar-refractivity contribution in [1.82, 2.24) is 9.80 Å². The van der Waals surface area contributed by atoms with Crippen molar-refractivity contribution in [1.29, 1.82) is 0 Å². The molecule has 128 valence electrons. The van der Waals surface area contributed by atoms with E-state index in [0.717, 1.165) is 24.9 Å².